The lowest BCUT2D eigenvalue weighted by Gasteiger charge is -2.30. The molecule has 2 rings (SSSR count). The summed E-state index contributed by atoms with van der Waals surface area (Å²) in [6, 6.07) is 2.21. The Hall–Kier alpha value is -0.550. The number of hydrogen-bond donors (Lipinski definition) is 0. The van der Waals surface area contributed by atoms with Crippen LogP contribution in [0.3, 0.4) is 0 Å². The molecule has 2 fully saturated rings. The van der Waals surface area contributed by atoms with Crippen molar-refractivity contribution in [3.05, 3.63) is 0 Å². The second-order valence-corrected chi connectivity index (χ2v) is 5.05. The van der Waals surface area contributed by atoms with Crippen molar-refractivity contribution in [2.45, 2.75) is 64.1 Å². The van der Waals surface area contributed by atoms with Crippen molar-refractivity contribution in [1.82, 2.24) is 0 Å². The minimum atomic E-state index is 0.224. The van der Waals surface area contributed by atoms with Crippen LogP contribution < -0.4 is 0 Å². The van der Waals surface area contributed by atoms with Gasteiger partial charge in [0.1, 0.15) is 0 Å². The molecule has 0 aromatic rings. The summed E-state index contributed by atoms with van der Waals surface area (Å²) in [6.45, 7) is 2.36. The van der Waals surface area contributed by atoms with Gasteiger partial charge in [-0.1, -0.05) is 19.8 Å². The molecule has 1 heterocycles. The standard InChI is InChI=1S/C12H19NO/c1-12(7-2-3-8-12)11-5-4-10(14-11)6-9-13/h10-11H,2-8H2,1H3. The van der Waals surface area contributed by atoms with E-state index in [0.29, 0.717) is 17.9 Å². The Kier molecular flexibility index (Phi) is 2.78. The summed E-state index contributed by atoms with van der Waals surface area (Å²) in [4.78, 5) is 0. The van der Waals surface area contributed by atoms with Crippen LogP contribution in [0.4, 0.5) is 0 Å². The third kappa shape index (κ3) is 1.79. The van der Waals surface area contributed by atoms with E-state index >= 15 is 0 Å². The van der Waals surface area contributed by atoms with Gasteiger partial charge in [0.25, 0.3) is 0 Å². The zero-order chi connectivity index (χ0) is 10.0. The van der Waals surface area contributed by atoms with Crippen LogP contribution in [0.15, 0.2) is 0 Å². The second-order valence-electron chi connectivity index (χ2n) is 5.05. The maximum Gasteiger partial charge on any atom is 0.0709 e. The normalized spacial score (nSPS) is 35.7. The summed E-state index contributed by atoms with van der Waals surface area (Å²) in [7, 11) is 0. The van der Waals surface area contributed by atoms with Crippen LogP contribution in [0.5, 0.6) is 0 Å². The highest BCUT2D eigenvalue weighted by molar-refractivity contribution is 4.93. The van der Waals surface area contributed by atoms with Crippen molar-refractivity contribution in [1.29, 1.82) is 5.26 Å². The fourth-order valence-corrected chi connectivity index (χ4v) is 2.98. The second kappa shape index (κ2) is 3.90. The maximum atomic E-state index is 8.61. The summed E-state index contributed by atoms with van der Waals surface area (Å²) in [5.41, 5.74) is 0.421. The van der Waals surface area contributed by atoms with Gasteiger partial charge < -0.3 is 4.74 Å². The van der Waals surface area contributed by atoms with Crippen LogP contribution in [0.2, 0.25) is 0 Å². The van der Waals surface area contributed by atoms with Gasteiger partial charge in [-0.2, -0.15) is 5.26 Å². The molecule has 0 radical (unpaired) electrons. The average molecular weight is 193 g/mol. The van der Waals surface area contributed by atoms with Crippen molar-refractivity contribution >= 4 is 0 Å². The Labute approximate surface area is 86.2 Å². The molecule has 0 aromatic heterocycles. The van der Waals surface area contributed by atoms with Crippen molar-refractivity contribution in [2.75, 3.05) is 0 Å². The largest absolute Gasteiger partial charge is 0.373 e. The number of ether oxygens (including phenoxy) is 1. The summed E-state index contributed by atoms with van der Waals surface area (Å²) >= 11 is 0. The molecule has 2 atom stereocenters. The summed E-state index contributed by atoms with van der Waals surface area (Å²) in [5, 5.41) is 8.61. The van der Waals surface area contributed by atoms with E-state index in [1.165, 1.54) is 32.1 Å². The van der Waals surface area contributed by atoms with Crippen LogP contribution in [-0.2, 0) is 4.74 Å². The van der Waals surface area contributed by atoms with E-state index < -0.39 is 0 Å². The zero-order valence-corrected chi connectivity index (χ0v) is 8.96. The van der Waals surface area contributed by atoms with E-state index in [2.05, 4.69) is 13.0 Å². The molecule has 78 valence electrons. The third-order valence-electron chi connectivity index (χ3n) is 3.95. The Morgan fingerprint density at radius 1 is 1.36 bits per heavy atom. The monoisotopic (exact) mass is 193 g/mol. The predicted octanol–water partition coefficient (Wildman–Crippen LogP) is 3.03. The van der Waals surface area contributed by atoms with E-state index in [1.54, 1.807) is 0 Å². The van der Waals surface area contributed by atoms with Crippen molar-refractivity contribution < 1.29 is 4.74 Å². The molecule has 2 aliphatic rings. The molecule has 0 spiro atoms. The van der Waals surface area contributed by atoms with Gasteiger partial charge in [-0.05, 0) is 31.1 Å². The fourth-order valence-electron chi connectivity index (χ4n) is 2.98. The van der Waals surface area contributed by atoms with Crippen LogP contribution >= 0.6 is 0 Å². The Morgan fingerprint density at radius 3 is 2.71 bits per heavy atom. The molecule has 2 nitrogen and oxygen atoms in total. The smallest absolute Gasteiger partial charge is 0.0709 e. The lowest BCUT2D eigenvalue weighted by Crippen LogP contribution is -2.29. The molecule has 0 bridgehead atoms. The highest BCUT2D eigenvalue weighted by Gasteiger charge is 2.41. The number of nitriles is 1. The topological polar surface area (TPSA) is 33.0 Å². The van der Waals surface area contributed by atoms with Crippen molar-refractivity contribution in [2.24, 2.45) is 5.41 Å². The van der Waals surface area contributed by atoms with E-state index in [0.717, 1.165) is 6.42 Å². The first-order valence-electron chi connectivity index (χ1n) is 5.77. The van der Waals surface area contributed by atoms with Crippen LogP contribution in [0, 0.1) is 16.7 Å². The molecule has 2 heteroatoms. The van der Waals surface area contributed by atoms with E-state index in [9.17, 15) is 0 Å². The highest BCUT2D eigenvalue weighted by Crippen LogP contribution is 2.46. The molecule has 1 saturated heterocycles. The molecule has 0 N–H and O–H groups in total. The van der Waals surface area contributed by atoms with Gasteiger partial charge in [0.05, 0.1) is 24.7 Å². The maximum absolute atomic E-state index is 8.61. The SMILES string of the molecule is CC1(C2CCC(CC#N)O2)CCCC1. The Balaban J connectivity index is 1.92. The quantitative estimate of drug-likeness (QED) is 0.675. The molecule has 2 unspecified atom stereocenters. The van der Waals surface area contributed by atoms with Crippen molar-refractivity contribution in [3.63, 3.8) is 0 Å². The van der Waals surface area contributed by atoms with Crippen LogP contribution in [-0.4, -0.2) is 12.2 Å². The minimum absolute atomic E-state index is 0.224. The van der Waals surface area contributed by atoms with Gasteiger partial charge >= 0.3 is 0 Å². The van der Waals surface area contributed by atoms with Crippen LogP contribution in [0.1, 0.15) is 51.9 Å². The predicted molar refractivity (Wildman–Crippen MR) is 54.7 cm³/mol. The first-order chi connectivity index (χ1) is 6.74. The van der Waals surface area contributed by atoms with E-state index in [4.69, 9.17) is 10.00 Å². The zero-order valence-electron chi connectivity index (χ0n) is 8.96. The summed E-state index contributed by atoms with van der Waals surface area (Å²) in [6.07, 6.45) is 8.85. The van der Waals surface area contributed by atoms with Gasteiger partial charge in [0, 0.05) is 0 Å². The lowest BCUT2D eigenvalue weighted by molar-refractivity contribution is -0.0258. The molecular weight excluding hydrogens is 174 g/mol. The van der Waals surface area contributed by atoms with Gasteiger partial charge in [0.2, 0.25) is 0 Å². The summed E-state index contributed by atoms with van der Waals surface area (Å²) < 4.78 is 5.97. The third-order valence-corrected chi connectivity index (χ3v) is 3.95. The van der Waals surface area contributed by atoms with E-state index in [-0.39, 0.29) is 6.10 Å². The number of nitrogens with zero attached hydrogens (tertiary/aromatic N) is 1. The first-order valence-corrected chi connectivity index (χ1v) is 5.77. The van der Waals surface area contributed by atoms with Crippen molar-refractivity contribution in [3.8, 4) is 6.07 Å². The molecule has 1 aliphatic carbocycles. The summed E-state index contributed by atoms with van der Waals surface area (Å²) in [5.74, 6) is 0. The molecule has 1 saturated carbocycles. The molecule has 1 aliphatic heterocycles. The lowest BCUT2D eigenvalue weighted by atomic mass is 9.81. The Bertz CT molecular complexity index is 237. The Morgan fingerprint density at radius 2 is 2.07 bits per heavy atom. The minimum Gasteiger partial charge on any atom is -0.373 e. The van der Waals surface area contributed by atoms with Gasteiger partial charge in [-0.3, -0.25) is 0 Å². The van der Waals surface area contributed by atoms with Crippen LogP contribution in [0.25, 0.3) is 0 Å². The molecule has 14 heavy (non-hydrogen) atoms. The molecular formula is C12H19NO. The average Bonchev–Trinajstić information content (AvgIpc) is 2.75. The molecule has 0 amide bonds. The fraction of sp³-hybridized carbons (Fsp3) is 0.917. The van der Waals surface area contributed by atoms with Gasteiger partial charge in [0.15, 0.2) is 0 Å². The highest BCUT2D eigenvalue weighted by atomic mass is 16.5. The number of rotatable bonds is 2. The first kappa shape index (κ1) is 9.98. The van der Waals surface area contributed by atoms with E-state index in [1.807, 2.05) is 0 Å². The number of hydrogen-bond acceptors (Lipinski definition) is 2. The van der Waals surface area contributed by atoms with Gasteiger partial charge in [-0.25, -0.2) is 0 Å². The van der Waals surface area contributed by atoms with Gasteiger partial charge in [-0.15, -0.1) is 0 Å². The molecule has 0 aromatic carbocycles.